The van der Waals surface area contributed by atoms with E-state index in [1.807, 2.05) is 0 Å². The SMILES string of the molecule is Oc1c2c(c(Cl)c3c(Cl)c(Cl)c(Cl)c(Cl)c13)C(Cl)=C(Cl)C(Cl)C2(O)Cl. The van der Waals surface area contributed by atoms with Crippen molar-refractivity contribution in [3.63, 3.8) is 0 Å². The minimum atomic E-state index is -2.32. The minimum absolute atomic E-state index is 0.0379. The van der Waals surface area contributed by atoms with Gasteiger partial charge in [0.05, 0.1) is 40.7 Å². The van der Waals surface area contributed by atoms with Crippen LogP contribution in [0.5, 0.6) is 5.75 Å². The Bertz CT molecular complexity index is 981. The average molecular weight is 522 g/mol. The third-order valence-electron chi connectivity index (χ3n) is 3.77. The molecule has 0 aliphatic heterocycles. The van der Waals surface area contributed by atoms with Gasteiger partial charge in [0, 0.05) is 16.3 Å². The number of halogens is 9. The zero-order valence-corrected chi connectivity index (χ0v) is 18.2. The summed E-state index contributed by atoms with van der Waals surface area (Å²) in [6.07, 6.45) is 0. The van der Waals surface area contributed by atoms with Crippen molar-refractivity contribution in [1.82, 2.24) is 0 Å². The summed E-state index contributed by atoms with van der Waals surface area (Å²) >= 11 is 55.4. The van der Waals surface area contributed by atoms with Crippen LogP contribution < -0.4 is 0 Å². The number of hydrogen-bond donors (Lipinski definition) is 2. The Morgan fingerprint density at radius 1 is 0.760 bits per heavy atom. The average Bonchev–Trinajstić information content (AvgIpc) is 2.55. The lowest BCUT2D eigenvalue weighted by Crippen LogP contribution is -2.34. The Balaban J connectivity index is 2.69. The molecule has 0 spiro atoms. The molecule has 2 unspecified atom stereocenters. The van der Waals surface area contributed by atoms with Crippen molar-refractivity contribution >= 4 is 120 Å². The molecule has 0 amide bonds. The van der Waals surface area contributed by atoms with Gasteiger partial charge in [-0.25, -0.2) is 0 Å². The Kier molecular flexibility index (Phi) is 5.51. The van der Waals surface area contributed by atoms with Gasteiger partial charge in [-0.15, -0.1) is 11.6 Å². The van der Waals surface area contributed by atoms with Crippen LogP contribution in [-0.2, 0) is 5.06 Å². The lowest BCUT2D eigenvalue weighted by Gasteiger charge is -2.34. The Morgan fingerprint density at radius 2 is 1.24 bits per heavy atom. The molecular formula is C14H3Cl9O2. The van der Waals surface area contributed by atoms with Gasteiger partial charge in [0.15, 0.2) is 5.06 Å². The number of phenolic OH excluding ortho intramolecular Hbond substituents is 1. The molecule has 0 fully saturated rings. The van der Waals surface area contributed by atoms with E-state index in [2.05, 4.69) is 0 Å². The summed E-state index contributed by atoms with van der Waals surface area (Å²) in [5.74, 6) is -0.551. The fraction of sp³-hybridized carbons (Fsp3) is 0.143. The van der Waals surface area contributed by atoms with Gasteiger partial charge < -0.3 is 10.2 Å². The lowest BCUT2D eigenvalue weighted by molar-refractivity contribution is 0.130. The number of phenols is 1. The zero-order valence-electron chi connectivity index (χ0n) is 11.4. The number of benzene rings is 2. The fourth-order valence-electron chi connectivity index (χ4n) is 2.61. The molecular weight excluding hydrogens is 519 g/mol. The Morgan fingerprint density at radius 3 is 1.76 bits per heavy atom. The molecule has 3 rings (SSSR count). The molecule has 0 saturated carbocycles. The maximum atomic E-state index is 10.8. The molecule has 0 bridgehead atoms. The molecule has 25 heavy (non-hydrogen) atoms. The molecule has 1 aliphatic rings. The van der Waals surface area contributed by atoms with Gasteiger partial charge >= 0.3 is 0 Å². The summed E-state index contributed by atoms with van der Waals surface area (Å²) in [6.45, 7) is 0. The highest BCUT2D eigenvalue weighted by atomic mass is 35.5. The van der Waals surface area contributed by atoms with Crippen molar-refractivity contribution < 1.29 is 10.2 Å². The predicted molar refractivity (Wildman–Crippen MR) is 109 cm³/mol. The van der Waals surface area contributed by atoms with Crippen molar-refractivity contribution in [2.24, 2.45) is 0 Å². The molecule has 2 aromatic rings. The van der Waals surface area contributed by atoms with Crippen LogP contribution in [0.1, 0.15) is 11.1 Å². The highest BCUT2D eigenvalue weighted by Crippen LogP contribution is 2.59. The summed E-state index contributed by atoms with van der Waals surface area (Å²) in [7, 11) is 0. The number of alkyl halides is 2. The maximum absolute atomic E-state index is 10.8. The third-order valence-corrected chi connectivity index (χ3v) is 8.01. The first-order valence-corrected chi connectivity index (χ1v) is 9.71. The van der Waals surface area contributed by atoms with Crippen LogP contribution in [0.15, 0.2) is 5.03 Å². The number of rotatable bonds is 0. The lowest BCUT2D eigenvalue weighted by atomic mass is 9.89. The second-order valence-corrected chi connectivity index (χ2v) is 8.80. The zero-order chi connectivity index (χ0) is 19.0. The van der Waals surface area contributed by atoms with Gasteiger partial charge in [-0.1, -0.05) is 92.8 Å². The normalized spacial score (nSPS) is 23.4. The van der Waals surface area contributed by atoms with Gasteiger partial charge in [-0.2, -0.15) is 0 Å². The van der Waals surface area contributed by atoms with E-state index in [9.17, 15) is 10.2 Å². The van der Waals surface area contributed by atoms with Gasteiger partial charge in [-0.3, -0.25) is 0 Å². The van der Waals surface area contributed by atoms with Crippen LogP contribution in [-0.4, -0.2) is 15.6 Å². The molecule has 2 aromatic carbocycles. The number of aromatic hydroxyl groups is 1. The summed E-state index contributed by atoms with van der Waals surface area (Å²) in [6, 6.07) is 0. The molecule has 0 aromatic heterocycles. The van der Waals surface area contributed by atoms with E-state index < -0.39 is 16.2 Å². The van der Waals surface area contributed by atoms with Crippen LogP contribution in [0.3, 0.4) is 0 Å². The summed E-state index contributed by atoms with van der Waals surface area (Å²) < 4.78 is 0. The van der Waals surface area contributed by atoms with Crippen LogP contribution in [0.25, 0.3) is 15.8 Å². The first-order chi connectivity index (χ1) is 11.4. The van der Waals surface area contributed by atoms with Crippen molar-refractivity contribution in [1.29, 1.82) is 0 Å². The van der Waals surface area contributed by atoms with E-state index in [-0.39, 0.29) is 57.1 Å². The molecule has 0 radical (unpaired) electrons. The second kappa shape index (κ2) is 6.70. The topological polar surface area (TPSA) is 40.5 Å². The molecule has 134 valence electrons. The van der Waals surface area contributed by atoms with E-state index in [0.717, 1.165) is 0 Å². The second-order valence-electron chi connectivity index (χ2n) is 5.12. The van der Waals surface area contributed by atoms with Crippen molar-refractivity contribution in [2.45, 2.75) is 10.4 Å². The first kappa shape index (κ1) is 20.5. The fourth-order valence-corrected chi connectivity index (χ4v) is 5.30. The number of hydrogen-bond acceptors (Lipinski definition) is 2. The smallest absolute Gasteiger partial charge is 0.190 e. The minimum Gasteiger partial charge on any atom is -0.507 e. The monoisotopic (exact) mass is 518 g/mol. The molecule has 2 N–H and O–H groups in total. The third kappa shape index (κ3) is 2.73. The van der Waals surface area contributed by atoms with E-state index in [1.165, 1.54) is 0 Å². The first-order valence-electron chi connectivity index (χ1n) is 6.25. The Hall–Kier alpha value is 0.810. The van der Waals surface area contributed by atoms with Crippen molar-refractivity contribution in [3.8, 4) is 5.75 Å². The van der Waals surface area contributed by atoms with Crippen molar-refractivity contribution in [3.05, 3.63) is 41.3 Å². The van der Waals surface area contributed by atoms with Gasteiger partial charge in [0.25, 0.3) is 0 Å². The molecule has 0 heterocycles. The van der Waals surface area contributed by atoms with Gasteiger partial charge in [0.1, 0.15) is 11.1 Å². The quantitative estimate of drug-likeness (QED) is 0.209. The number of aliphatic hydroxyl groups is 1. The summed E-state index contributed by atoms with van der Waals surface area (Å²) in [5, 5.41) is 17.0. The van der Waals surface area contributed by atoms with Crippen LogP contribution in [0.2, 0.25) is 25.1 Å². The highest BCUT2D eigenvalue weighted by Gasteiger charge is 2.48. The van der Waals surface area contributed by atoms with Crippen LogP contribution in [0.4, 0.5) is 0 Å². The predicted octanol–water partition coefficient (Wildman–Crippen LogP) is 7.96. The standard InChI is InChI=1S/C14H3Cl9O2/c15-5-1-2(7(17)10(20)9(19)6(1)16)12(24)4-3(5)8(18)11(21)13(22)14(4,23)25/h13,24-25H. The van der Waals surface area contributed by atoms with Gasteiger partial charge in [0.2, 0.25) is 0 Å². The van der Waals surface area contributed by atoms with Crippen LogP contribution in [0, 0.1) is 0 Å². The Labute approximate surface area is 186 Å². The summed E-state index contributed by atoms with van der Waals surface area (Å²) in [5.41, 5.74) is -0.304. The van der Waals surface area contributed by atoms with Gasteiger partial charge in [-0.05, 0) is 0 Å². The summed E-state index contributed by atoms with van der Waals surface area (Å²) in [4.78, 5) is 0. The number of fused-ring (bicyclic) bond motifs is 2. The van der Waals surface area contributed by atoms with E-state index in [1.54, 1.807) is 0 Å². The highest BCUT2D eigenvalue weighted by molar-refractivity contribution is 6.61. The molecule has 0 saturated heterocycles. The van der Waals surface area contributed by atoms with Crippen molar-refractivity contribution in [2.75, 3.05) is 0 Å². The van der Waals surface area contributed by atoms with E-state index in [0.29, 0.717) is 0 Å². The molecule has 2 nitrogen and oxygen atoms in total. The van der Waals surface area contributed by atoms with E-state index in [4.69, 9.17) is 104 Å². The largest absolute Gasteiger partial charge is 0.507 e. The molecule has 11 heteroatoms. The molecule has 2 atom stereocenters. The maximum Gasteiger partial charge on any atom is 0.190 e. The van der Waals surface area contributed by atoms with Crippen LogP contribution >= 0.6 is 104 Å². The van der Waals surface area contributed by atoms with E-state index >= 15 is 0 Å². The molecule has 1 aliphatic carbocycles.